The molecule has 19 heavy (non-hydrogen) atoms. The predicted molar refractivity (Wildman–Crippen MR) is 81.4 cm³/mol. The van der Waals surface area contributed by atoms with Crippen molar-refractivity contribution in [2.75, 3.05) is 0 Å². The number of carbonyl (C=O) groups excluding carboxylic acids is 1. The maximum absolute atomic E-state index is 12.0. The maximum atomic E-state index is 12.0. The van der Waals surface area contributed by atoms with Crippen LogP contribution in [0.5, 0.6) is 0 Å². The standard InChI is InChI=1S/C16H25NOS/c1-12-6-3-9-15(13(12)2)17-16(18)10-4-7-14-8-5-11-19-14/h5,8,11-13,15H,3-4,6-7,9-10H2,1-2H3,(H,17,18)/t12-,13-,15-/m1/s1. The molecule has 3 atom stereocenters. The number of hydrogen-bond acceptors (Lipinski definition) is 2. The zero-order valence-corrected chi connectivity index (χ0v) is 12.8. The van der Waals surface area contributed by atoms with Gasteiger partial charge in [0.25, 0.3) is 0 Å². The van der Waals surface area contributed by atoms with Gasteiger partial charge in [0.2, 0.25) is 5.91 Å². The van der Waals surface area contributed by atoms with Crippen molar-refractivity contribution in [2.24, 2.45) is 11.8 Å². The summed E-state index contributed by atoms with van der Waals surface area (Å²) in [4.78, 5) is 13.4. The van der Waals surface area contributed by atoms with Crippen molar-refractivity contribution in [1.82, 2.24) is 5.32 Å². The molecule has 3 heteroatoms. The lowest BCUT2D eigenvalue weighted by Crippen LogP contribution is -2.43. The molecule has 1 heterocycles. The molecule has 1 aromatic rings. The van der Waals surface area contributed by atoms with Crippen molar-refractivity contribution in [3.05, 3.63) is 22.4 Å². The normalized spacial score (nSPS) is 27.2. The number of thiophene rings is 1. The van der Waals surface area contributed by atoms with E-state index >= 15 is 0 Å². The van der Waals surface area contributed by atoms with Gasteiger partial charge in [-0.05, 0) is 42.5 Å². The van der Waals surface area contributed by atoms with Crippen LogP contribution in [-0.4, -0.2) is 11.9 Å². The molecule has 106 valence electrons. The highest BCUT2D eigenvalue weighted by Crippen LogP contribution is 2.29. The Kier molecular flexibility index (Phi) is 5.44. The molecule has 2 rings (SSSR count). The van der Waals surface area contributed by atoms with Crippen LogP contribution in [0.15, 0.2) is 17.5 Å². The van der Waals surface area contributed by atoms with E-state index in [9.17, 15) is 4.79 Å². The van der Waals surface area contributed by atoms with Crippen molar-refractivity contribution >= 4 is 17.2 Å². The van der Waals surface area contributed by atoms with Gasteiger partial charge in [-0.3, -0.25) is 4.79 Å². The Morgan fingerprint density at radius 2 is 2.26 bits per heavy atom. The number of nitrogens with one attached hydrogen (secondary N) is 1. The van der Waals surface area contributed by atoms with Crippen molar-refractivity contribution < 1.29 is 4.79 Å². The van der Waals surface area contributed by atoms with E-state index in [1.807, 2.05) is 0 Å². The molecule has 1 N–H and O–H groups in total. The zero-order chi connectivity index (χ0) is 13.7. The minimum absolute atomic E-state index is 0.238. The number of amides is 1. The van der Waals surface area contributed by atoms with Crippen LogP contribution in [0.2, 0.25) is 0 Å². The fourth-order valence-corrected chi connectivity index (χ4v) is 3.69. The Morgan fingerprint density at radius 3 is 3.00 bits per heavy atom. The van der Waals surface area contributed by atoms with Crippen LogP contribution < -0.4 is 5.32 Å². The lowest BCUT2D eigenvalue weighted by molar-refractivity contribution is -0.122. The third-order valence-electron chi connectivity index (χ3n) is 4.46. The number of hydrogen-bond donors (Lipinski definition) is 1. The monoisotopic (exact) mass is 279 g/mol. The molecular formula is C16H25NOS. The van der Waals surface area contributed by atoms with Gasteiger partial charge in [-0.15, -0.1) is 11.3 Å². The third-order valence-corrected chi connectivity index (χ3v) is 5.40. The molecule has 1 aromatic heterocycles. The van der Waals surface area contributed by atoms with Crippen molar-refractivity contribution in [3.8, 4) is 0 Å². The summed E-state index contributed by atoms with van der Waals surface area (Å²) in [5.74, 6) is 1.60. The Labute approximate surface area is 120 Å². The van der Waals surface area contributed by atoms with Gasteiger partial charge in [-0.1, -0.05) is 32.8 Å². The fraction of sp³-hybridized carbons (Fsp3) is 0.688. The summed E-state index contributed by atoms with van der Waals surface area (Å²) >= 11 is 1.78. The van der Waals surface area contributed by atoms with Gasteiger partial charge in [-0.2, -0.15) is 0 Å². The average molecular weight is 279 g/mol. The van der Waals surface area contributed by atoms with E-state index < -0.39 is 0 Å². The molecule has 0 bridgehead atoms. The van der Waals surface area contributed by atoms with Gasteiger partial charge < -0.3 is 5.32 Å². The molecule has 1 amide bonds. The van der Waals surface area contributed by atoms with Crippen molar-refractivity contribution in [1.29, 1.82) is 0 Å². The van der Waals surface area contributed by atoms with Crippen LogP contribution in [0, 0.1) is 11.8 Å². The van der Waals surface area contributed by atoms with E-state index in [0.717, 1.165) is 25.2 Å². The molecule has 0 unspecified atom stereocenters. The highest BCUT2D eigenvalue weighted by molar-refractivity contribution is 7.09. The van der Waals surface area contributed by atoms with Gasteiger partial charge in [0, 0.05) is 17.3 Å². The van der Waals surface area contributed by atoms with E-state index in [1.165, 1.54) is 17.7 Å². The van der Waals surface area contributed by atoms with Crippen LogP contribution in [0.25, 0.3) is 0 Å². The second-order valence-electron chi connectivity index (χ2n) is 5.87. The molecule has 1 aliphatic carbocycles. The molecular weight excluding hydrogens is 254 g/mol. The zero-order valence-electron chi connectivity index (χ0n) is 12.0. The van der Waals surface area contributed by atoms with Crippen molar-refractivity contribution in [3.63, 3.8) is 0 Å². The lowest BCUT2D eigenvalue weighted by Gasteiger charge is -2.34. The SMILES string of the molecule is C[C@@H]1[C@H](C)CCC[C@H]1NC(=O)CCCc1cccs1. The molecule has 1 aliphatic rings. The Balaban J connectivity index is 1.69. The molecule has 1 fully saturated rings. The summed E-state index contributed by atoms with van der Waals surface area (Å²) in [6.07, 6.45) is 6.37. The third kappa shape index (κ3) is 4.34. The highest BCUT2D eigenvalue weighted by atomic mass is 32.1. The number of aryl methyl sites for hydroxylation is 1. The first-order valence-corrected chi connectivity index (χ1v) is 8.36. The van der Waals surface area contributed by atoms with E-state index in [-0.39, 0.29) is 5.91 Å². The quantitative estimate of drug-likeness (QED) is 0.867. The summed E-state index contributed by atoms with van der Waals surface area (Å²) in [5, 5.41) is 5.34. The maximum Gasteiger partial charge on any atom is 0.220 e. The summed E-state index contributed by atoms with van der Waals surface area (Å²) in [6, 6.07) is 4.62. The summed E-state index contributed by atoms with van der Waals surface area (Å²) in [5.41, 5.74) is 0. The first-order chi connectivity index (χ1) is 9.16. The molecule has 0 radical (unpaired) electrons. The molecule has 0 saturated heterocycles. The summed E-state index contributed by atoms with van der Waals surface area (Å²) in [7, 11) is 0. The lowest BCUT2D eigenvalue weighted by atomic mass is 9.78. The predicted octanol–water partition coefficient (Wildman–Crippen LogP) is 4.01. The first kappa shape index (κ1) is 14.6. The number of carbonyl (C=O) groups is 1. The van der Waals surface area contributed by atoms with E-state index in [4.69, 9.17) is 0 Å². The summed E-state index contributed by atoms with van der Waals surface area (Å²) < 4.78 is 0. The Hall–Kier alpha value is -0.830. The summed E-state index contributed by atoms with van der Waals surface area (Å²) in [6.45, 7) is 4.58. The van der Waals surface area contributed by atoms with Crippen LogP contribution in [0.1, 0.15) is 50.8 Å². The molecule has 0 spiro atoms. The minimum Gasteiger partial charge on any atom is -0.353 e. The minimum atomic E-state index is 0.238. The van der Waals surface area contributed by atoms with E-state index in [2.05, 4.69) is 36.7 Å². The second-order valence-corrected chi connectivity index (χ2v) is 6.91. The Morgan fingerprint density at radius 1 is 1.42 bits per heavy atom. The van der Waals surface area contributed by atoms with Gasteiger partial charge in [0.15, 0.2) is 0 Å². The van der Waals surface area contributed by atoms with Crippen LogP contribution in [-0.2, 0) is 11.2 Å². The van der Waals surface area contributed by atoms with Crippen LogP contribution in [0.3, 0.4) is 0 Å². The van der Waals surface area contributed by atoms with Crippen LogP contribution >= 0.6 is 11.3 Å². The molecule has 2 nitrogen and oxygen atoms in total. The van der Waals surface area contributed by atoms with Gasteiger partial charge >= 0.3 is 0 Å². The average Bonchev–Trinajstić information content (AvgIpc) is 2.88. The van der Waals surface area contributed by atoms with E-state index in [1.54, 1.807) is 11.3 Å². The second kappa shape index (κ2) is 7.09. The van der Waals surface area contributed by atoms with Gasteiger partial charge in [-0.25, -0.2) is 0 Å². The van der Waals surface area contributed by atoms with Gasteiger partial charge in [0.05, 0.1) is 0 Å². The topological polar surface area (TPSA) is 29.1 Å². The van der Waals surface area contributed by atoms with E-state index in [0.29, 0.717) is 18.4 Å². The molecule has 1 saturated carbocycles. The fourth-order valence-electron chi connectivity index (χ4n) is 2.94. The largest absolute Gasteiger partial charge is 0.353 e. The molecule has 0 aromatic carbocycles. The first-order valence-electron chi connectivity index (χ1n) is 7.48. The highest BCUT2D eigenvalue weighted by Gasteiger charge is 2.27. The van der Waals surface area contributed by atoms with Crippen molar-refractivity contribution in [2.45, 2.75) is 58.4 Å². The Bertz CT molecular complexity index is 387. The molecule has 0 aliphatic heterocycles. The van der Waals surface area contributed by atoms with Gasteiger partial charge in [0.1, 0.15) is 0 Å². The number of rotatable bonds is 5. The van der Waals surface area contributed by atoms with Crippen LogP contribution in [0.4, 0.5) is 0 Å². The smallest absolute Gasteiger partial charge is 0.220 e.